The Morgan fingerprint density at radius 1 is 0.750 bits per heavy atom. The van der Waals surface area contributed by atoms with Crippen molar-refractivity contribution >= 4 is 35.9 Å². The van der Waals surface area contributed by atoms with Gasteiger partial charge in [-0.05, 0) is 0 Å². The Hall–Kier alpha value is 5.93. The van der Waals surface area contributed by atoms with E-state index in [0.717, 1.165) is 0 Å². The van der Waals surface area contributed by atoms with E-state index >= 15 is 0 Å². The van der Waals surface area contributed by atoms with Crippen molar-refractivity contribution in [2.24, 2.45) is 0 Å². The third kappa shape index (κ3) is 101. The third-order valence-electron chi connectivity index (χ3n) is 0. The first-order valence-corrected chi connectivity index (χ1v) is 2.04. The molecule has 0 saturated carbocycles. The molecule has 0 aliphatic carbocycles. The zero-order valence-corrected chi connectivity index (χ0v) is 21.6. The van der Waals surface area contributed by atoms with Crippen LogP contribution in [0.2, 0.25) is 0 Å². The standard InChI is InChI=1S/2CH2O2S.4K/c2*2-1(3)4;;;;/h2*4H,(H,2,3);;;;/q;;4*+1/p-4. The van der Waals surface area contributed by atoms with E-state index < -0.39 is 10.6 Å². The van der Waals surface area contributed by atoms with Gasteiger partial charge in [-0.3, -0.25) is 0 Å². The second-order valence-electron chi connectivity index (χ2n) is 0.500. The molecular weight excluding hydrogens is 309 g/mol. The van der Waals surface area contributed by atoms with E-state index in [1.54, 1.807) is 0 Å². The van der Waals surface area contributed by atoms with Crippen LogP contribution in [-0.4, -0.2) is 10.6 Å². The molecule has 4 nitrogen and oxygen atoms in total. The van der Waals surface area contributed by atoms with Crippen LogP contribution >= 0.6 is 0 Å². The fourth-order valence-electron chi connectivity index (χ4n) is 0. The predicted octanol–water partition coefficient (Wildman–Crippen LogP) is -14.2. The molecule has 48 valence electrons. The maximum absolute atomic E-state index is 8.70. The van der Waals surface area contributed by atoms with Crippen LogP contribution in [0.25, 0.3) is 0 Å². The molecule has 0 unspecified atom stereocenters. The molecule has 12 heavy (non-hydrogen) atoms. The van der Waals surface area contributed by atoms with Crippen LogP contribution in [0.5, 0.6) is 0 Å². The Kier molecular flexibility index (Phi) is 90.8. The number of hydrogen-bond acceptors (Lipinski definition) is 6. The van der Waals surface area contributed by atoms with Gasteiger partial charge in [-0.1, -0.05) is 10.6 Å². The molecule has 0 amide bonds. The van der Waals surface area contributed by atoms with Crippen molar-refractivity contribution < 1.29 is 225 Å². The summed E-state index contributed by atoms with van der Waals surface area (Å²) in [4.78, 5) is 17.4. The maximum atomic E-state index is 8.70. The first-order valence-electron chi connectivity index (χ1n) is 1.22. The zero-order chi connectivity index (χ0) is 7.15. The molecule has 0 saturated heterocycles. The van der Waals surface area contributed by atoms with Gasteiger partial charge in [0.25, 0.3) is 0 Å². The van der Waals surface area contributed by atoms with Crippen molar-refractivity contribution in [1.29, 1.82) is 0 Å². The summed E-state index contributed by atoms with van der Waals surface area (Å²) in [7, 11) is 0. The molecule has 0 radical (unpaired) electrons. The molecule has 0 aliphatic rings. The fraction of sp³-hybridized carbons (Fsp3) is 0. The summed E-state index contributed by atoms with van der Waals surface area (Å²) < 4.78 is 0. The van der Waals surface area contributed by atoms with Gasteiger partial charge in [-0.2, -0.15) is 0 Å². The summed E-state index contributed by atoms with van der Waals surface area (Å²) in [5.74, 6) is 0. The van der Waals surface area contributed by atoms with Crippen LogP contribution in [0.1, 0.15) is 0 Å². The van der Waals surface area contributed by atoms with Gasteiger partial charge in [-0.25, -0.2) is 0 Å². The van der Waals surface area contributed by atoms with E-state index in [1.807, 2.05) is 0 Å². The van der Waals surface area contributed by atoms with E-state index in [9.17, 15) is 0 Å². The van der Waals surface area contributed by atoms with Crippen molar-refractivity contribution in [3.8, 4) is 0 Å². The molecule has 0 spiro atoms. The fourth-order valence-corrected chi connectivity index (χ4v) is 0. The molecule has 0 aliphatic heterocycles. The van der Waals surface area contributed by atoms with Crippen molar-refractivity contribution in [3.05, 3.63) is 0 Å². The van der Waals surface area contributed by atoms with E-state index in [4.69, 9.17) is 19.8 Å². The van der Waals surface area contributed by atoms with E-state index in [0.29, 0.717) is 0 Å². The number of carbonyl (C=O) groups is 2. The summed E-state index contributed by atoms with van der Waals surface area (Å²) in [6.45, 7) is 0. The number of hydrogen-bond donors (Lipinski definition) is 0. The van der Waals surface area contributed by atoms with Crippen LogP contribution in [0.15, 0.2) is 0 Å². The Labute approximate surface area is 252 Å². The summed E-state index contributed by atoms with van der Waals surface area (Å²) in [5, 5.41) is 14.4. The average molecular weight is 309 g/mol. The summed E-state index contributed by atoms with van der Waals surface area (Å²) in [6, 6.07) is 0. The second kappa shape index (κ2) is 30.2. The molecule has 0 rings (SSSR count). The topological polar surface area (TPSA) is 80.3 Å². The predicted molar refractivity (Wildman–Crippen MR) is 25.5 cm³/mol. The number of carbonyl (C=O) groups excluding carboxylic acids is 2. The Bertz CT molecular complexity index is 81.1. The average Bonchev–Trinajstić information content (AvgIpc) is 1.25. The van der Waals surface area contributed by atoms with Crippen molar-refractivity contribution in [2.45, 2.75) is 0 Å². The Morgan fingerprint density at radius 2 is 0.750 bits per heavy atom. The monoisotopic (exact) mass is 308 g/mol. The van der Waals surface area contributed by atoms with Crippen LogP contribution < -0.4 is 216 Å². The molecule has 10 heteroatoms. The molecule has 0 aromatic carbocycles. The zero-order valence-electron chi connectivity index (χ0n) is 7.45. The minimum absolute atomic E-state index is 0. The normalized spacial score (nSPS) is 4.00. The molecule has 0 bridgehead atoms. The van der Waals surface area contributed by atoms with Crippen LogP contribution in [0, 0.1) is 0 Å². The minimum Gasteiger partial charge on any atom is -0.764 e. The second-order valence-corrected chi connectivity index (χ2v) is 1.17. The van der Waals surface area contributed by atoms with Gasteiger partial charge in [0.2, 0.25) is 0 Å². The SMILES string of the molecule is O=C([O-])[S-].O=C([O-])[S-].[K+].[K+].[K+].[K+]. The van der Waals surface area contributed by atoms with Gasteiger partial charge in [0.05, 0.1) is 0 Å². The maximum Gasteiger partial charge on any atom is 1.00 e. The van der Waals surface area contributed by atoms with Crippen LogP contribution in [-0.2, 0) is 25.3 Å². The largest absolute Gasteiger partial charge is 1.00 e. The number of rotatable bonds is 0. The molecule has 0 atom stereocenters. The molecule has 0 fully saturated rings. The van der Waals surface area contributed by atoms with E-state index in [1.165, 1.54) is 0 Å². The van der Waals surface area contributed by atoms with Crippen molar-refractivity contribution in [1.82, 2.24) is 0 Å². The molecule has 0 heterocycles. The molecule has 0 N–H and O–H groups in total. The van der Waals surface area contributed by atoms with E-state index in [2.05, 4.69) is 25.3 Å². The summed E-state index contributed by atoms with van der Waals surface area (Å²) in [6.07, 6.45) is 0. The third-order valence-corrected chi connectivity index (χ3v) is 0. The van der Waals surface area contributed by atoms with Gasteiger partial charge < -0.3 is 45.1 Å². The quantitative estimate of drug-likeness (QED) is 0.327. The minimum atomic E-state index is -1.50. The van der Waals surface area contributed by atoms with Crippen molar-refractivity contribution in [2.75, 3.05) is 0 Å². The van der Waals surface area contributed by atoms with Crippen LogP contribution in [0.4, 0.5) is 9.59 Å². The Balaban J connectivity index is -0.0000000112. The van der Waals surface area contributed by atoms with Gasteiger partial charge in [0, 0.05) is 0 Å². The first-order chi connectivity index (χ1) is 3.46. The van der Waals surface area contributed by atoms with E-state index in [-0.39, 0.29) is 206 Å². The smallest absolute Gasteiger partial charge is 0.764 e. The molecule has 0 aromatic rings. The first kappa shape index (κ1) is 36.1. The molecular formula is C2K4O4S2. The van der Waals surface area contributed by atoms with Crippen LogP contribution in [0.3, 0.4) is 0 Å². The van der Waals surface area contributed by atoms with Gasteiger partial charge >= 0.3 is 206 Å². The summed E-state index contributed by atoms with van der Waals surface area (Å²) >= 11 is 6.85. The van der Waals surface area contributed by atoms with Gasteiger partial charge in [0.15, 0.2) is 0 Å². The number of carboxylic acid groups (broad SMARTS) is 2. The Morgan fingerprint density at radius 3 is 0.750 bits per heavy atom. The van der Waals surface area contributed by atoms with Gasteiger partial charge in [0.1, 0.15) is 0 Å². The van der Waals surface area contributed by atoms with Gasteiger partial charge in [-0.15, -0.1) is 0 Å². The van der Waals surface area contributed by atoms with Crippen molar-refractivity contribution in [3.63, 3.8) is 0 Å². The molecule has 0 aromatic heterocycles. The summed E-state index contributed by atoms with van der Waals surface area (Å²) in [5.41, 5.74) is 0.